The number of carbonyl (C=O) groups excluding carboxylic acids is 2. The average molecular weight is 935 g/mol. The van der Waals surface area contributed by atoms with Crippen LogP contribution in [-0.4, -0.2) is 267 Å². The Kier molecular flexibility index (Phi) is 19.4. The second kappa shape index (κ2) is 23.4. The fraction of sp³-hybridized carbons (Fsp3) is 0.947. The van der Waals surface area contributed by atoms with Crippen LogP contribution >= 0.6 is 0 Å². The maximum atomic E-state index is 12.5. The SMILES string of the molecule is COCC1O[C@@H](C[C@@H]2C(O)[C@H](O[C@@H]3C(CO)O[C@H](O[C@H]4C(CO)O[C@@H](C)C(NC(C)=O)[C@H]4O)C(NC(C)=O)C3O)OC(CO[C@@H]3OC(CO)[C@H](O)[C@H](OC)C3O)[C@@H]2O)C(O)[C@@H](O)[C@H]1O. The molecule has 11 unspecified atom stereocenters. The van der Waals surface area contributed by atoms with Gasteiger partial charge in [-0.2, -0.15) is 0 Å². The van der Waals surface area contributed by atoms with Crippen molar-refractivity contribution >= 4 is 11.8 Å². The van der Waals surface area contributed by atoms with Crippen molar-refractivity contribution in [2.75, 3.05) is 47.3 Å². The van der Waals surface area contributed by atoms with Gasteiger partial charge in [-0.15, -0.1) is 0 Å². The summed E-state index contributed by atoms with van der Waals surface area (Å²) in [5, 5.41) is 136. The van der Waals surface area contributed by atoms with E-state index in [4.69, 9.17) is 47.4 Å². The van der Waals surface area contributed by atoms with Crippen molar-refractivity contribution in [3.8, 4) is 0 Å². The molecule has 5 saturated heterocycles. The summed E-state index contributed by atoms with van der Waals surface area (Å²) in [7, 11) is 2.51. The monoisotopic (exact) mass is 934 g/mol. The van der Waals surface area contributed by atoms with Gasteiger partial charge in [0.2, 0.25) is 11.8 Å². The van der Waals surface area contributed by atoms with Crippen molar-refractivity contribution in [1.82, 2.24) is 10.6 Å². The van der Waals surface area contributed by atoms with E-state index in [2.05, 4.69) is 10.6 Å². The van der Waals surface area contributed by atoms with E-state index in [0.29, 0.717) is 0 Å². The van der Waals surface area contributed by atoms with Crippen molar-refractivity contribution in [1.29, 1.82) is 0 Å². The highest BCUT2D eigenvalue weighted by Gasteiger charge is 2.56. The van der Waals surface area contributed by atoms with E-state index in [1.54, 1.807) is 6.92 Å². The van der Waals surface area contributed by atoms with Crippen LogP contribution in [0.5, 0.6) is 0 Å². The highest BCUT2D eigenvalue weighted by molar-refractivity contribution is 5.73. The van der Waals surface area contributed by atoms with E-state index in [-0.39, 0.29) is 6.61 Å². The minimum absolute atomic E-state index is 0.219. The second-order valence-electron chi connectivity index (χ2n) is 16.7. The number of rotatable bonds is 17. The maximum Gasteiger partial charge on any atom is 0.217 e. The third-order valence-electron chi connectivity index (χ3n) is 12.3. The van der Waals surface area contributed by atoms with E-state index in [9.17, 15) is 70.9 Å². The lowest BCUT2D eigenvalue weighted by Crippen LogP contribution is -2.70. The van der Waals surface area contributed by atoms with Gasteiger partial charge in [0.25, 0.3) is 0 Å². The van der Waals surface area contributed by atoms with Crippen LogP contribution in [0.1, 0.15) is 27.2 Å². The van der Waals surface area contributed by atoms with Crippen LogP contribution in [0.15, 0.2) is 0 Å². The van der Waals surface area contributed by atoms with Gasteiger partial charge in [0.1, 0.15) is 104 Å². The van der Waals surface area contributed by atoms with Crippen LogP contribution in [-0.2, 0) is 57.0 Å². The number of aliphatic hydroxyl groups excluding tert-OH is 12. The Labute approximate surface area is 367 Å². The topological polar surface area (TPSA) is 393 Å². The van der Waals surface area contributed by atoms with E-state index >= 15 is 0 Å². The summed E-state index contributed by atoms with van der Waals surface area (Å²) in [6.45, 7) is 0.693. The summed E-state index contributed by atoms with van der Waals surface area (Å²) in [5.41, 5.74) is 0. The number of methoxy groups -OCH3 is 2. The molecule has 0 aliphatic carbocycles. The van der Waals surface area contributed by atoms with Crippen molar-refractivity contribution in [2.45, 2.75) is 174 Å². The van der Waals surface area contributed by atoms with Gasteiger partial charge < -0.3 is 119 Å². The minimum Gasteiger partial charge on any atom is -0.394 e. The number of hydrogen-bond donors (Lipinski definition) is 14. The molecule has 0 bridgehead atoms. The molecule has 2 amide bonds. The fourth-order valence-electron chi connectivity index (χ4n) is 8.94. The molecule has 26 heteroatoms. The van der Waals surface area contributed by atoms with Gasteiger partial charge >= 0.3 is 0 Å². The van der Waals surface area contributed by atoms with Gasteiger partial charge in [-0.3, -0.25) is 9.59 Å². The minimum atomic E-state index is -1.89. The first-order valence-corrected chi connectivity index (χ1v) is 21.0. The van der Waals surface area contributed by atoms with E-state index < -0.39 is 198 Å². The number of carbonyl (C=O) groups is 2. The molecule has 0 radical (unpaired) electrons. The van der Waals surface area contributed by atoms with Crippen LogP contribution in [0.3, 0.4) is 0 Å². The fourth-order valence-corrected chi connectivity index (χ4v) is 8.94. The third kappa shape index (κ3) is 11.7. The van der Waals surface area contributed by atoms with Crippen molar-refractivity contribution in [2.24, 2.45) is 5.92 Å². The van der Waals surface area contributed by atoms with Crippen LogP contribution in [0.25, 0.3) is 0 Å². The molecule has 372 valence electrons. The van der Waals surface area contributed by atoms with Crippen LogP contribution in [0.4, 0.5) is 0 Å². The lowest BCUT2D eigenvalue weighted by atomic mass is 9.81. The number of ether oxygens (including phenoxy) is 10. The molecule has 5 aliphatic rings. The third-order valence-corrected chi connectivity index (χ3v) is 12.3. The second-order valence-corrected chi connectivity index (χ2v) is 16.7. The lowest BCUT2D eigenvalue weighted by molar-refractivity contribution is -0.362. The maximum absolute atomic E-state index is 12.5. The predicted octanol–water partition coefficient (Wildman–Crippen LogP) is -8.60. The Morgan fingerprint density at radius 3 is 1.59 bits per heavy atom. The molecule has 0 aromatic heterocycles. The molecule has 25 atom stereocenters. The first kappa shape index (κ1) is 53.0. The number of aliphatic hydroxyl groups is 12. The van der Waals surface area contributed by atoms with Crippen LogP contribution in [0.2, 0.25) is 0 Å². The summed E-state index contributed by atoms with van der Waals surface area (Å²) >= 11 is 0. The first-order chi connectivity index (χ1) is 30.3. The van der Waals surface area contributed by atoms with Crippen LogP contribution < -0.4 is 10.6 Å². The Morgan fingerprint density at radius 1 is 0.500 bits per heavy atom. The Hall–Kier alpha value is -1.94. The molecule has 5 heterocycles. The zero-order valence-electron chi connectivity index (χ0n) is 35.9. The summed E-state index contributed by atoms with van der Waals surface area (Å²) in [5.74, 6) is -2.64. The molecule has 5 fully saturated rings. The van der Waals surface area contributed by atoms with Gasteiger partial charge in [0, 0.05) is 34.0 Å². The number of nitrogens with one attached hydrogen (secondary N) is 2. The molecule has 14 N–H and O–H groups in total. The highest BCUT2D eigenvalue weighted by Crippen LogP contribution is 2.38. The standard InChI is InChI=1S/C38H66N2O24/c1-12-22(39-13(2)44)29(51)33(18(8-42)58-12)63-36-23(40-14(3)45)30(52)34(19(9-43)61-36)64-38-25(47)15(6-16-26(48)31(53)27(49)20(59-16)10-55-4)24(46)21(62-38)11-57-37-32(54)35(56-5)28(50)17(7-41)60-37/h12,15-38,41-43,46-54H,6-11H2,1-5H3,(H,39,44)(H,40,45)/t12-,15-,16-,17?,18?,19?,20?,21?,22?,23?,24+,25?,26?,27-,28-,29+,30?,31+,32?,33-,34+,35-,36+,37+,38-/m0/s1. The van der Waals surface area contributed by atoms with Gasteiger partial charge in [-0.05, 0) is 13.3 Å². The molecule has 5 rings (SSSR count). The largest absolute Gasteiger partial charge is 0.394 e. The molecule has 26 nitrogen and oxygen atoms in total. The molecular weight excluding hydrogens is 868 g/mol. The van der Waals surface area contributed by atoms with Gasteiger partial charge in [-0.25, -0.2) is 0 Å². The quantitative estimate of drug-likeness (QED) is 0.0644. The Morgan fingerprint density at radius 2 is 1.02 bits per heavy atom. The van der Waals surface area contributed by atoms with Gasteiger partial charge in [0.15, 0.2) is 18.9 Å². The Balaban J connectivity index is 1.42. The summed E-state index contributed by atoms with van der Waals surface area (Å²) in [6, 6.07) is -2.61. The first-order valence-electron chi connectivity index (χ1n) is 21.0. The van der Waals surface area contributed by atoms with Gasteiger partial charge in [0.05, 0.1) is 57.4 Å². The van der Waals surface area contributed by atoms with Crippen LogP contribution in [0, 0.1) is 5.92 Å². The average Bonchev–Trinajstić information content (AvgIpc) is 3.25. The zero-order valence-corrected chi connectivity index (χ0v) is 35.9. The molecular formula is C38H66N2O24. The lowest BCUT2D eigenvalue weighted by Gasteiger charge is -2.50. The highest BCUT2D eigenvalue weighted by atomic mass is 16.8. The summed E-state index contributed by atoms with van der Waals surface area (Å²) in [6.07, 6.45) is -34.2. The van der Waals surface area contributed by atoms with Gasteiger partial charge in [-0.1, -0.05) is 0 Å². The van der Waals surface area contributed by atoms with E-state index in [1.165, 1.54) is 21.1 Å². The molecule has 64 heavy (non-hydrogen) atoms. The van der Waals surface area contributed by atoms with Crippen molar-refractivity contribution in [3.05, 3.63) is 0 Å². The normalized spacial score (nSPS) is 47.8. The van der Waals surface area contributed by atoms with E-state index in [1.807, 2.05) is 0 Å². The summed E-state index contributed by atoms with van der Waals surface area (Å²) < 4.78 is 57.5. The molecule has 0 aromatic carbocycles. The Bertz CT molecular complexity index is 1470. The molecule has 0 saturated carbocycles. The van der Waals surface area contributed by atoms with Crippen molar-refractivity contribution < 1.29 is 118 Å². The molecule has 5 aliphatic heterocycles. The predicted molar refractivity (Wildman–Crippen MR) is 206 cm³/mol. The van der Waals surface area contributed by atoms with Crippen molar-refractivity contribution in [3.63, 3.8) is 0 Å². The number of amides is 2. The smallest absolute Gasteiger partial charge is 0.217 e. The zero-order chi connectivity index (χ0) is 47.3. The molecule has 0 aromatic rings. The molecule has 0 spiro atoms. The van der Waals surface area contributed by atoms with E-state index in [0.717, 1.165) is 6.92 Å². The summed E-state index contributed by atoms with van der Waals surface area (Å²) in [4.78, 5) is 24.5. The number of hydrogen-bond acceptors (Lipinski definition) is 24.